The van der Waals surface area contributed by atoms with E-state index in [9.17, 15) is 14.0 Å². The van der Waals surface area contributed by atoms with E-state index in [1.165, 1.54) is 6.07 Å². The van der Waals surface area contributed by atoms with Crippen LogP contribution in [-0.4, -0.2) is 29.5 Å². The molecule has 4 rings (SSSR count). The summed E-state index contributed by atoms with van der Waals surface area (Å²) in [6, 6.07) is 22.6. The first kappa shape index (κ1) is 21.6. The van der Waals surface area contributed by atoms with E-state index in [0.29, 0.717) is 21.8 Å². The van der Waals surface area contributed by atoms with Gasteiger partial charge in [-0.1, -0.05) is 60.1 Å². The molecule has 0 aliphatic heterocycles. The third-order valence-corrected chi connectivity index (χ3v) is 5.47. The Morgan fingerprint density at radius 1 is 0.844 bits per heavy atom. The van der Waals surface area contributed by atoms with Crippen molar-refractivity contribution in [3.63, 3.8) is 0 Å². The van der Waals surface area contributed by atoms with Crippen LogP contribution in [0.1, 0.15) is 26.4 Å². The molecule has 0 atom stereocenters. The van der Waals surface area contributed by atoms with Crippen molar-refractivity contribution in [1.82, 2.24) is 15.2 Å². The fourth-order valence-corrected chi connectivity index (χ4v) is 3.77. The van der Waals surface area contributed by atoms with Crippen LogP contribution in [0.15, 0.2) is 78.9 Å². The lowest BCUT2D eigenvalue weighted by Crippen LogP contribution is -2.35. The van der Waals surface area contributed by atoms with E-state index in [0.717, 1.165) is 10.9 Å². The third-order valence-electron chi connectivity index (χ3n) is 5.14. The number of aromatic nitrogens is 1. The predicted octanol–water partition coefficient (Wildman–Crippen LogP) is 4.64. The highest BCUT2D eigenvalue weighted by molar-refractivity contribution is 6.33. The van der Waals surface area contributed by atoms with Crippen LogP contribution in [0.5, 0.6) is 0 Å². The quantitative estimate of drug-likeness (QED) is 0.404. The summed E-state index contributed by atoms with van der Waals surface area (Å²) in [5.74, 6) is -0.929. The van der Waals surface area contributed by atoms with Crippen molar-refractivity contribution in [1.29, 1.82) is 0 Å². The lowest BCUT2D eigenvalue weighted by atomic mass is 10.2. The largest absolute Gasteiger partial charge is 0.350 e. The van der Waals surface area contributed by atoms with Gasteiger partial charge in [-0.25, -0.2) is 4.39 Å². The molecule has 0 bridgehead atoms. The fourth-order valence-electron chi connectivity index (χ4n) is 3.55. The van der Waals surface area contributed by atoms with Crippen molar-refractivity contribution < 1.29 is 14.0 Å². The summed E-state index contributed by atoms with van der Waals surface area (Å²) in [6.07, 6.45) is 0. The summed E-state index contributed by atoms with van der Waals surface area (Å²) in [7, 11) is 0. The van der Waals surface area contributed by atoms with E-state index < -0.39 is 0 Å². The molecule has 1 heterocycles. The zero-order valence-electron chi connectivity index (χ0n) is 17.1. The normalized spacial score (nSPS) is 10.8. The van der Waals surface area contributed by atoms with Crippen molar-refractivity contribution in [2.24, 2.45) is 0 Å². The smallest absolute Gasteiger partial charge is 0.268 e. The number of rotatable bonds is 7. The SMILES string of the molecule is O=C(NCCNC(=O)c1cc2ccccc2n1Cc1ccccc1F)c1ccccc1Cl. The molecule has 0 fully saturated rings. The Balaban J connectivity index is 1.46. The molecule has 0 aliphatic carbocycles. The van der Waals surface area contributed by atoms with Crippen LogP contribution in [0.25, 0.3) is 10.9 Å². The highest BCUT2D eigenvalue weighted by Crippen LogP contribution is 2.22. The van der Waals surface area contributed by atoms with Crippen molar-refractivity contribution in [2.45, 2.75) is 6.54 Å². The van der Waals surface area contributed by atoms with Crippen molar-refractivity contribution in [3.05, 3.63) is 107 Å². The Kier molecular flexibility index (Phi) is 6.52. The Bertz CT molecular complexity index is 1290. The first-order valence-corrected chi connectivity index (χ1v) is 10.5. The average Bonchev–Trinajstić information content (AvgIpc) is 3.17. The van der Waals surface area contributed by atoms with E-state index in [2.05, 4.69) is 10.6 Å². The van der Waals surface area contributed by atoms with Gasteiger partial charge >= 0.3 is 0 Å². The summed E-state index contributed by atoms with van der Waals surface area (Å²) in [5, 5.41) is 6.82. The van der Waals surface area contributed by atoms with Crippen molar-refractivity contribution in [3.8, 4) is 0 Å². The van der Waals surface area contributed by atoms with E-state index >= 15 is 0 Å². The molecule has 5 nitrogen and oxygen atoms in total. The second kappa shape index (κ2) is 9.66. The van der Waals surface area contributed by atoms with Crippen molar-refractivity contribution >= 4 is 34.3 Å². The van der Waals surface area contributed by atoms with Crippen LogP contribution in [0.2, 0.25) is 5.02 Å². The molecular formula is C25H21ClFN3O2. The highest BCUT2D eigenvalue weighted by atomic mass is 35.5. The number of carbonyl (C=O) groups excluding carboxylic acids is 2. The molecule has 0 radical (unpaired) electrons. The minimum Gasteiger partial charge on any atom is -0.350 e. The molecule has 0 spiro atoms. The summed E-state index contributed by atoms with van der Waals surface area (Å²) in [5.41, 5.74) is 2.14. The van der Waals surface area contributed by atoms with Crippen molar-refractivity contribution in [2.75, 3.05) is 13.1 Å². The first-order chi connectivity index (χ1) is 15.5. The number of fused-ring (bicyclic) bond motifs is 1. The number of nitrogens with zero attached hydrogens (tertiary/aromatic N) is 1. The Labute approximate surface area is 189 Å². The van der Waals surface area contributed by atoms with E-state index in [1.54, 1.807) is 53.1 Å². The molecular weight excluding hydrogens is 429 g/mol. The summed E-state index contributed by atoms with van der Waals surface area (Å²) in [4.78, 5) is 25.2. The number of amides is 2. The predicted molar refractivity (Wildman–Crippen MR) is 124 cm³/mol. The van der Waals surface area contributed by atoms with Crippen LogP contribution in [0.3, 0.4) is 0 Å². The average molecular weight is 450 g/mol. The summed E-state index contributed by atoms with van der Waals surface area (Å²) < 4.78 is 16.0. The lowest BCUT2D eigenvalue weighted by Gasteiger charge is -2.12. The molecule has 2 amide bonds. The maximum Gasteiger partial charge on any atom is 0.268 e. The second-order valence-electron chi connectivity index (χ2n) is 7.26. The maximum atomic E-state index is 14.2. The Morgan fingerprint density at radius 2 is 1.50 bits per heavy atom. The van der Waals surface area contributed by atoms with Crippen LogP contribution in [0, 0.1) is 5.82 Å². The van der Waals surface area contributed by atoms with Crippen LogP contribution >= 0.6 is 11.6 Å². The van der Waals surface area contributed by atoms with Gasteiger partial charge in [-0.05, 0) is 30.3 Å². The molecule has 0 saturated carbocycles. The number of halogens is 2. The van der Waals surface area contributed by atoms with Gasteiger partial charge in [0.05, 0.1) is 17.1 Å². The van der Waals surface area contributed by atoms with Gasteiger partial charge in [0.2, 0.25) is 0 Å². The molecule has 32 heavy (non-hydrogen) atoms. The second-order valence-corrected chi connectivity index (χ2v) is 7.66. The number of benzene rings is 3. The zero-order chi connectivity index (χ0) is 22.5. The molecule has 0 unspecified atom stereocenters. The van der Waals surface area contributed by atoms with E-state index in [4.69, 9.17) is 11.6 Å². The summed E-state index contributed by atoms with van der Waals surface area (Å²) >= 11 is 6.04. The van der Waals surface area contributed by atoms with Gasteiger partial charge in [0.15, 0.2) is 0 Å². The third kappa shape index (κ3) is 4.65. The first-order valence-electron chi connectivity index (χ1n) is 10.2. The number of carbonyl (C=O) groups is 2. The number of hydrogen-bond acceptors (Lipinski definition) is 2. The molecule has 0 aliphatic rings. The minimum atomic E-state index is -0.320. The highest BCUT2D eigenvalue weighted by Gasteiger charge is 2.17. The Morgan fingerprint density at radius 3 is 2.28 bits per heavy atom. The molecule has 2 N–H and O–H groups in total. The fraction of sp³-hybridized carbons (Fsp3) is 0.120. The molecule has 0 saturated heterocycles. The summed E-state index contributed by atoms with van der Waals surface area (Å²) in [6.45, 7) is 0.700. The number of hydrogen-bond donors (Lipinski definition) is 2. The van der Waals surface area contributed by atoms with E-state index in [1.807, 2.05) is 24.3 Å². The van der Waals surface area contributed by atoms with Gasteiger partial charge in [0.1, 0.15) is 11.5 Å². The van der Waals surface area contributed by atoms with Gasteiger partial charge in [-0.2, -0.15) is 0 Å². The van der Waals surface area contributed by atoms with Gasteiger partial charge in [0, 0.05) is 29.6 Å². The molecule has 162 valence electrons. The number of para-hydroxylation sites is 1. The molecule has 4 aromatic rings. The molecule has 3 aromatic carbocycles. The number of nitrogens with one attached hydrogen (secondary N) is 2. The van der Waals surface area contributed by atoms with Gasteiger partial charge in [-0.15, -0.1) is 0 Å². The monoisotopic (exact) mass is 449 g/mol. The molecule has 7 heteroatoms. The topological polar surface area (TPSA) is 63.1 Å². The standard InChI is InChI=1S/C25H21ClFN3O2/c26-20-10-4-3-9-19(20)24(31)28-13-14-29-25(32)23-15-17-7-2-6-12-22(17)30(23)16-18-8-1-5-11-21(18)27/h1-12,15H,13-14,16H2,(H,28,31)(H,29,32). The zero-order valence-corrected chi connectivity index (χ0v) is 17.9. The van der Waals surface area contributed by atoms with Gasteiger partial charge in [-0.3, -0.25) is 9.59 Å². The van der Waals surface area contributed by atoms with Gasteiger partial charge in [0.25, 0.3) is 11.8 Å². The lowest BCUT2D eigenvalue weighted by molar-refractivity contribution is 0.0923. The Hall–Kier alpha value is -3.64. The van der Waals surface area contributed by atoms with E-state index in [-0.39, 0.29) is 37.3 Å². The van der Waals surface area contributed by atoms with Gasteiger partial charge < -0.3 is 15.2 Å². The molecule has 1 aromatic heterocycles. The van der Waals surface area contributed by atoms with Crippen LogP contribution in [0.4, 0.5) is 4.39 Å². The van der Waals surface area contributed by atoms with Crippen LogP contribution < -0.4 is 10.6 Å². The van der Waals surface area contributed by atoms with Crippen LogP contribution in [-0.2, 0) is 6.54 Å². The minimum absolute atomic E-state index is 0.228. The maximum absolute atomic E-state index is 14.2.